The van der Waals surface area contributed by atoms with E-state index in [9.17, 15) is 0 Å². The summed E-state index contributed by atoms with van der Waals surface area (Å²) in [4.78, 5) is 2.41. The zero-order valence-corrected chi connectivity index (χ0v) is 12.9. The van der Waals surface area contributed by atoms with Crippen LogP contribution < -0.4 is 15.8 Å². The molecule has 0 saturated carbocycles. The van der Waals surface area contributed by atoms with Gasteiger partial charge in [-0.05, 0) is 58.3 Å². The number of hydrogen-bond acceptors (Lipinski definition) is 4. The van der Waals surface area contributed by atoms with Gasteiger partial charge in [-0.3, -0.25) is 0 Å². The molecule has 112 valence electrons. The van der Waals surface area contributed by atoms with E-state index in [2.05, 4.69) is 17.3 Å². The number of rotatable bonds is 5. The van der Waals surface area contributed by atoms with Crippen molar-refractivity contribution >= 4 is 11.4 Å². The minimum absolute atomic E-state index is 0.138. The topological polar surface area (TPSA) is 50.5 Å². The summed E-state index contributed by atoms with van der Waals surface area (Å²) in [6.45, 7) is 7.44. The molecule has 20 heavy (non-hydrogen) atoms. The van der Waals surface area contributed by atoms with Gasteiger partial charge in [-0.15, -0.1) is 0 Å². The number of nitrogens with one attached hydrogen (secondary N) is 1. The summed E-state index contributed by atoms with van der Waals surface area (Å²) in [7, 11) is 2.20. The summed E-state index contributed by atoms with van der Waals surface area (Å²) in [6.07, 6.45) is 2.74. The Labute approximate surface area is 122 Å². The van der Waals surface area contributed by atoms with Crippen LogP contribution >= 0.6 is 0 Å². The van der Waals surface area contributed by atoms with Gasteiger partial charge >= 0.3 is 0 Å². The van der Waals surface area contributed by atoms with Crippen molar-refractivity contribution < 1.29 is 4.74 Å². The fraction of sp³-hybridized carbons (Fsp3) is 0.625. The van der Waals surface area contributed by atoms with Crippen molar-refractivity contribution in [3.05, 3.63) is 18.2 Å². The minimum Gasteiger partial charge on any atom is -0.489 e. The fourth-order valence-electron chi connectivity index (χ4n) is 2.70. The van der Waals surface area contributed by atoms with Crippen LogP contribution in [-0.4, -0.2) is 37.7 Å². The summed E-state index contributed by atoms with van der Waals surface area (Å²) in [5.74, 6) is 1.49. The van der Waals surface area contributed by atoms with E-state index in [1.807, 2.05) is 32.0 Å². The lowest BCUT2D eigenvalue weighted by Crippen LogP contribution is -2.35. The smallest absolute Gasteiger partial charge is 0.144 e. The maximum absolute atomic E-state index is 5.94. The highest BCUT2D eigenvalue weighted by Crippen LogP contribution is 2.27. The van der Waals surface area contributed by atoms with Gasteiger partial charge < -0.3 is 20.7 Å². The van der Waals surface area contributed by atoms with Crippen LogP contribution in [0.2, 0.25) is 0 Å². The van der Waals surface area contributed by atoms with Crippen LogP contribution in [0.25, 0.3) is 0 Å². The molecule has 0 bridgehead atoms. The molecule has 1 unspecified atom stereocenters. The lowest BCUT2D eigenvalue weighted by atomic mass is 9.98. The van der Waals surface area contributed by atoms with Crippen molar-refractivity contribution in [2.45, 2.75) is 32.8 Å². The maximum Gasteiger partial charge on any atom is 0.144 e. The normalized spacial score (nSPS) is 20.1. The van der Waals surface area contributed by atoms with Gasteiger partial charge in [0.2, 0.25) is 0 Å². The first-order valence-electron chi connectivity index (χ1n) is 7.53. The molecular formula is C16H27N3O. The number of anilines is 2. The molecule has 0 amide bonds. The summed E-state index contributed by atoms with van der Waals surface area (Å²) in [6, 6.07) is 5.93. The highest BCUT2D eigenvalue weighted by molar-refractivity contribution is 5.61. The Bertz CT molecular complexity index is 434. The van der Waals surface area contributed by atoms with E-state index in [0.717, 1.165) is 23.9 Å². The molecule has 4 nitrogen and oxygen atoms in total. The Morgan fingerprint density at radius 3 is 2.95 bits per heavy atom. The third kappa shape index (κ3) is 4.30. The van der Waals surface area contributed by atoms with Crippen LogP contribution in [0.4, 0.5) is 11.4 Å². The SMILES string of the molecule is CC(C)Oc1cc(NCC2CCCN(C)C2)ccc1N. The molecule has 3 N–H and O–H groups in total. The number of benzene rings is 1. The van der Waals surface area contributed by atoms with Crippen LogP contribution in [-0.2, 0) is 0 Å². The molecule has 0 spiro atoms. The van der Waals surface area contributed by atoms with E-state index in [1.54, 1.807) is 0 Å². The van der Waals surface area contributed by atoms with Crippen molar-refractivity contribution in [3.8, 4) is 5.75 Å². The van der Waals surface area contributed by atoms with Crippen LogP contribution in [0.1, 0.15) is 26.7 Å². The molecule has 1 aliphatic rings. The fourth-order valence-corrected chi connectivity index (χ4v) is 2.70. The van der Waals surface area contributed by atoms with E-state index in [4.69, 9.17) is 10.5 Å². The van der Waals surface area contributed by atoms with Gasteiger partial charge in [0.25, 0.3) is 0 Å². The Balaban J connectivity index is 1.92. The first-order chi connectivity index (χ1) is 9.54. The second-order valence-corrected chi connectivity index (χ2v) is 6.07. The third-order valence-corrected chi connectivity index (χ3v) is 3.69. The second kappa shape index (κ2) is 6.84. The molecule has 1 aromatic carbocycles. The van der Waals surface area contributed by atoms with Gasteiger partial charge in [-0.25, -0.2) is 0 Å². The van der Waals surface area contributed by atoms with Crippen molar-refractivity contribution in [2.75, 3.05) is 37.7 Å². The molecule has 1 aromatic rings. The Morgan fingerprint density at radius 1 is 1.45 bits per heavy atom. The molecule has 1 heterocycles. The summed E-state index contributed by atoms with van der Waals surface area (Å²) in [5.41, 5.74) is 7.72. The van der Waals surface area contributed by atoms with Gasteiger partial charge in [0.05, 0.1) is 11.8 Å². The molecule has 2 rings (SSSR count). The monoisotopic (exact) mass is 277 g/mol. The lowest BCUT2D eigenvalue weighted by molar-refractivity contribution is 0.217. The van der Waals surface area contributed by atoms with Gasteiger partial charge in [0.1, 0.15) is 5.75 Å². The Morgan fingerprint density at radius 2 is 2.25 bits per heavy atom. The summed E-state index contributed by atoms with van der Waals surface area (Å²) >= 11 is 0. The number of likely N-dealkylation sites (tertiary alicyclic amines) is 1. The number of hydrogen-bond donors (Lipinski definition) is 2. The summed E-state index contributed by atoms with van der Waals surface area (Å²) < 4.78 is 5.72. The maximum atomic E-state index is 5.94. The van der Waals surface area contributed by atoms with Crippen LogP contribution in [0, 0.1) is 5.92 Å². The molecule has 1 aliphatic heterocycles. The van der Waals surface area contributed by atoms with Gasteiger partial charge in [0, 0.05) is 24.8 Å². The minimum atomic E-state index is 0.138. The van der Waals surface area contributed by atoms with Crippen LogP contribution in [0.3, 0.4) is 0 Å². The van der Waals surface area contributed by atoms with Crippen LogP contribution in [0.5, 0.6) is 5.75 Å². The molecule has 1 saturated heterocycles. The molecular weight excluding hydrogens is 250 g/mol. The van der Waals surface area contributed by atoms with Crippen molar-refractivity contribution in [1.29, 1.82) is 0 Å². The lowest BCUT2D eigenvalue weighted by Gasteiger charge is -2.30. The Hall–Kier alpha value is -1.42. The highest BCUT2D eigenvalue weighted by Gasteiger charge is 2.16. The van der Waals surface area contributed by atoms with Gasteiger partial charge in [-0.2, -0.15) is 0 Å². The molecule has 1 atom stereocenters. The summed E-state index contributed by atoms with van der Waals surface area (Å²) in [5, 5.41) is 3.51. The van der Waals surface area contributed by atoms with Crippen LogP contribution in [0.15, 0.2) is 18.2 Å². The predicted molar refractivity (Wildman–Crippen MR) is 85.3 cm³/mol. The average Bonchev–Trinajstić information content (AvgIpc) is 2.39. The number of ether oxygens (including phenoxy) is 1. The number of nitrogens with zero attached hydrogens (tertiary/aromatic N) is 1. The number of nitrogen functional groups attached to an aromatic ring is 1. The van der Waals surface area contributed by atoms with E-state index in [-0.39, 0.29) is 6.10 Å². The first-order valence-corrected chi connectivity index (χ1v) is 7.53. The van der Waals surface area contributed by atoms with Gasteiger partial charge in [-0.1, -0.05) is 0 Å². The molecule has 0 aromatic heterocycles. The first kappa shape index (κ1) is 15.0. The number of piperidine rings is 1. The van der Waals surface area contributed by atoms with Crippen molar-refractivity contribution in [1.82, 2.24) is 4.90 Å². The van der Waals surface area contributed by atoms with Gasteiger partial charge in [0.15, 0.2) is 0 Å². The third-order valence-electron chi connectivity index (χ3n) is 3.69. The zero-order valence-electron chi connectivity index (χ0n) is 12.9. The van der Waals surface area contributed by atoms with E-state index < -0.39 is 0 Å². The van der Waals surface area contributed by atoms with E-state index in [1.165, 1.54) is 25.9 Å². The zero-order chi connectivity index (χ0) is 14.5. The largest absolute Gasteiger partial charge is 0.489 e. The van der Waals surface area contributed by atoms with Crippen molar-refractivity contribution in [2.24, 2.45) is 5.92 Å². The second-order valence-electron chi connectivity index (χ2n) is 6.07. The Kier molecular flexibility index (Phi) is 5.12. The molecule has 0 radical (unpaired) electrons. The highest BCUT2D eigenvalue weighted by atomic mass is 16.5. The predicted octanol–water partition coefficient (Wildman–Crippen LogP) is 2.81. The van der Waals surface area contributed by atoms with Crippen molar-refractivity contribution in [3.63, 3.8) is 0 Å². The standard InChI is InChI=1S/C16H27N3O/c1-12(2)20-16-9-14(6-7-15(16)17)18-10-13-5-4-8-19(3)11-13/h6-7,9,12-13,18H,4-5,8,10-11,17H2,1-3H3. The van der Waals surface area contributed by atoms with E-state index in [0.29, 0.717) is 5.69 Å². The van der Waals surface area contributed by atoms with E-state index >= 15 is 0 Å². The molecule has 0 aliphatic carbocycles. The molecule has 4 heteroatoms. The quantitative estimate of drug-likeness (QED) is 0.813. The number of nitrogens with two attached hydrogens (primary N) is 1. The molecule has 1 fully saturated rings. The average molecular weight is 277 g/mol.